The summed E-state index contributed by atoms with van der Waals surface area (Å²) in [5, 5.41) is 8.73. The lowest BCUT2D eigenvalue weighted by atomic mass is 10.00. The second kappa shape index (κ2) is 6.87. The summed E-state index contributed by atoms with van der Waals surface area (Å²) in [5.41, 5.74) is 1.08. The van der Waals surface area contributed by atoms with Crippen molar-refractivity contribution in [1.82, 2.24) is 4.90 Å². The number of nitrogens with zero attached hydrogens (tertiary/aromatic N) is 2. The van der Waals surface area contributed by atoms with Crippen molar-refractivity contribution >= 4 is 0 Å². The zero-order valence-corrected chi connectivity index (χ0v) is 11.4. The fourth-order valence-corrected chi connectivity index (χ4v) is 1.99. The fraction of sp³-hybridized carbons (Fsp3) is 0.500. The van der Waals surface area contributed by atoms with Gasteiger partial charge in [0.15, 0.2) is 0 Å². The first kappa shape index (κ1) is 14.3. The van der Waals surface area contributed by atoms with E-state index in [0.717, 1.165) is 23.5 Å². The Morgan fingerprint density at radius 2 is 2.00 bits per heavy atom. The van der Waals surface area contributed by atoms with Gasteiger partial charge in [-0.05, 0) is 26.6 Å². The van der Waals surface area contributed by atoms with Gasteiger partial charge in [0.25, 0.3) is 0 Å². The van der Waals surface area contributed by atoms with Crippen LogP contribution >= 0.6 is 0 Å². The van der Waals surface area contributed by atoms with Crippen LogP contribution in [0.2, 0.25) is 0 Å². The Morgan fingerprint density at radius 1 is 1.28 bits per heavy atom. The highest BCUT2D eigenvalue weighted by Crippen LogP contribution is 2.33. The molecule has 4 nitrogen and oxygen atoms in total. The molecule has 1 rings (SSSR count). The van der Waals surface area contributed by atoms with Gasteiger partial charge in [0.05, 0.1) is 20.3 Å². The van der Waals surface area contributed by atoms with Crippen LogP contribution in [-0.4, -0.2) is 33.2 Å². The van der Waals surface area contributed by atoms with Gasteiger partial charge in [-0.15, -0.1) is 0 Å². The Balaban J connectivity index is 3.07. The average Bonchev–Trinajstić information content (AvgIpc) is 2.38. The van der Waals surface area contributed by atoms with Crippen molar-refractivity contribution in [2.24, 2.45) is 0 Å². The van der Waals surface area contributed by atoms with Crippen molar-refractivity contribution in [3.63, 3.8) is 0 Å². The molecule has 1 aromatic carbocycles. The topological polar surface area (TPSA) is 45.5 Å². The molecule has 18 heavy (non-hydrogen) atoms. The van der Waals surface area contributed by atoms with Crippen molar-refractivity contribution in [1.29, 1.82) is 5.26 Å². The lowest BCUT2D eigenvalue weighted by Crippen LogP contribution is -2.20. The molecule has 0 aliphatic carbocycles. The van der Waals surface area contributed by atoms with Crippen LogP contribution in [0.4, 0.5) is 0 Å². The Bertz CT molecular complexity index is 424. The van der Waals surface area contributed by atoms with E-state index in [-0.39, 0.29) is 6.04 Å². The first-order chi connectivity index (χ1) is 8.63. The Labute approximate surface area is 109 Å². The van der Waals surface area contributed by atoms with Crippen LogP contribution in [0.25, 0.3) is 0 Å². The summed E-state index contributed by atoms with van der Waals surface area (Å²) >= 11 is 0. The second-order valence-electron chi connectivity index (χ2n) is 4.28. The van der Waals surface area contributed by atoms with Crippen molar-refractivity contribution in [3.05, 3.63) is 23.8 Å². The van der Waals surface area contributed by atoms with Gasteiger partial charge in [-0.2, -0.15) is 5.26 Å². The molecule has 1 aromatic rings. The number of rotatable bonds is 6. The van der Waals surface area contributed by atoms with Gasteiger partial charge in [0.2, 0.25) is 0 Å². The van der Waals surface area contributed by atoms with E-state index in [9.17, 15) is 0 Å². The molecular weight excluding hydrogens is 228 g/mol. The molecule has 0 saturated carbocycles. The molecule has 4 heteroatoms. The van der Waals surface area contributed by atoms with E-state index in [1.54, 1.807) is 14.2 Å². The lowest BCUT2D eigenvalue weighted by molar-refractivity contribution is 0.276. The number of hydrogen-bond donors (Lipinski definition) is 0. The molecule has 0 N–H and O–H groups in total. The average molecular weight is 248 g/mol. The number of nitriles is 1. The van der Waals surface area contributed by atoms with Gasteiger partial charge in [-0.1, -0.05) is 6.07 Å². The molecule has 0 aliphatic heterocycles. The fourth-order valence-electron chi connectivity index (χ4n) is 1.99. The molecule has 0 heterocycles. The summed E-state index contributed by atoms with van der Waals surface area (Å²) < 4.78 is 10.6. The van der Waals surface area contributed by atoms with Crippen LogP contribution < -0.4 is 9.47 Å². The van der Waals surface area contributed by atoms with Crippen LogP contribution in [0, 0.1) is 11.3 Å². The molecule has 98 valence electrons. The summed E-state index contributed by atoms with van der Waals surface area (Å²) in [4.78, 5) is 2.10. The predicted molar refractivity (Wildman–Crippen MR) is 70.8 cm³/mol. The Hall–Kier alpha value is -1.73. The highest BCUT2D eigenvalue weighted by atomic mass is 16.5. The van der Waals surface area contributed by atoms with Gasteiger partial charge in [-0.25, -0.2) is 0 Å². The van der Waals surface area contributed by atoms with Crippen molar-refractivity contribution in [2.45, 2.75) is 18.9 Å². The SMILES string of the molecule is COc1ccc(C(CCC#N)N(C)C)c(OC)c1. The molecule has 0 fully saturated rings. The first-order valence-electron chi connectivity index (χ1n) is 5.89. The molecule has 1 atom stereocenters. The molecule has 1 unspecified atom stereocenters. The normalized spacial score (nSPS) is 12.0. The van der Waals surface area contributed by atoms with Gasteiger partial charge >= 0.3 is 0 Å². The minimum Gasteiger partial charge on any atom is -0.497 e. The highest BCUT2D eigenvalue weighted by molar-refractivity contribution is 5.42. The zero-order chi connectivity index (χ0) is 13.5. The first-order valence-corrected chi connectivity index (χ1v) is 5.89. The minimum atomic E-state index is 0.172. The van der Waals surface area contributed by atoms with Gasteiger partial charge in [0.1, 0.15) is 11.5 Å². The summed E-state index contributed by atoms with van der Waals surface area (Å²) in [6.45, 7) is 0. The summed E-state index contributed by atoms with van der Waals surface area (Å²) in [6, 6.07) is 8.15. The molecule has 0 aromatic heterocycles. The maximum atomic E-state index is 8.73. The molecule has 0 aliphatic rings. The third-order valence-electron chi connectivity index (χ3n) is 2.95. The van der Waals surface area contributed by atoms with E-state index in [4.69, 9.17) is 14.7 Å². The highest BCUT2D eigenvalue weighted by Gasteiger charge is 2.18. The summed E-state index contributed by atoms with van der Waals surface area (Å²) in [6.07, 6.45) is 1.31. The molecule has 0 radical (unpaired) electrons. The van der Waals surface area contributed by atoms with Crippen LogP contribution in [0.1, 0.15) is 24.4 Å². The van der Waals surface area contributed by atoms with E-state index in [1.807, 2.05) is 32.3 Å². The zero-order valence-electron chi connectivity index (χ0n) is 11.4. The molecule has 0 amide bonds. The summed E-state index contributed by atoms with van der Waals surface area (Å²) in [7, 11) is 7.29. The molecule has 0 spiro atoms. The van der Waals surface area contributed by atoms with Crippen LogP contribution in [0.3, 0.4) is 0 Å². The van der Waals surface area contributed by atoms with Crippen molar-refractivity contribution in [2.75, 3.05) is 28.3 Å². The number of hydrogen-bond acceptors (Lipinski definition) is 4. The minimum absolute atomic E-state index is 0.172. The standard InChI is InChI=1S/C14H20N2O2/c1-16(2)13(6-5-9-15)12-8-7-11(17-3)10-14(12)18-4/h7-8,10,13H,5-6H2,1-4H3. The van der Waals surface area contributed by atoms with Crippen LogP contribution in [-0.2, 0) is 0 Å². The quantitative estimate of drug-likeness (QED) is 0.776. The third-order valence-corrected chi connectivity index (χ3v) is 2.95. The molecular formula is C14H20N2O2. The van der Waals surface area contributed by atoms with Crippen molar-refractivity contribution in [3.8, 4) is 17.6 Å². The van der Waals surface area contributed by atoms with Gasteiger partial charge in [-0.3, -0.25) is 0 Å². The number of benzene rings is 1. The Kier molecular flexibility index (Phi) is 5.47. The van der Waals surface area contributed by atoms with Gasteiger partial charge in [0, 0.05) is 24.1 Å². The number of ether oxygens (including phenoxy) is 2. The Morgan fingerprint density at radius 3 is 2.50 bits per heavy atom. The molecule has 0 bridgehead atoms. The number of methoxy groups -OCH3 is 2. The van der Waals surface area contributed by atoms with Crippen LogP contribution in [0.5, 0.6) is 11.5 Å². The third kappa shape index (κ3) is 3.38. The van der Waals surface area contributed by atoms with E-state index in [0.29, 0.717) is 6.42 Å². The largest absolute Gasteiger partial charge is 0.497 e. The molecule has 0 saturated heterocycles. The maximum Gasteiger partial charge on any atom is 0.127 e. The van der Waals surface area contributed by atoms with E-state index in [2.05, 4.69) is 11.0 Å². The van der Waals surface area contributed by atoms with E-state index >= 15 is 0 Å². The van der Waals surface area contributed by atoms with E-state index in [1.165, 1.54) is 0 Å². The van der Waals surface area contributed by atoms with Gasteiger partial charge < -0.3 is 14.4 Å². The smallest absolute Gasteiger partial charge is 0.127 e. The lowest BCUT2D eigenvalue weighted by Gasteiger charge is -2.25. The summed E-state index contributed by atoms with van der Waals surface area (Å²) in [5.74, 6) is 1.57. The monoisotopic (exact) mass is 248 g/mol. The van der Waals surface area contributed by atoms with Crippen LogP contribution in [0.15, 0.2) is 18.2 Å². The van der Waals surface area contributed by atoms with Crippen molar-refractivity contribution < 1.29 is 9.47 Å². The second-order valence-corrected chi connectivity index (χ2v) is 4.28. The van der Waals surface area contributed by atoms with E-state index < -0.39 is 0 Å². The maximum absolute atomic E-state index is 8.73. The predicted octanol–water partition coefficient (Wildman–Crippen LogP) is 2.61.